The summed E-state index contributed by atoms with van der Waals surface area (Å²) >= 11 is 0. The van der Waals surface area contributed by atoms with Gasteiger partial charge in [0, 0.05) is 12.7 Å². The third-order valence-electron chi connectivity index (χ3n) is 5.17. The zero-order valence-electron chi connectivity index (χ0n) is 12.7. The van der Waals surface area contributed by atoms with Gasteiger partial charge < -0.3 is 10.4 Å². The molecule has 0 spiro atoms. The summed E-state index contributed by atoms with van der Waals surface area (Å²) in [7, 11) is 0. The van der Waals surface area contributed by atoms with E-state index in [0.717, 1.165) is 38.5 Å². The van der Waals surface area contributed by atoms with Crippen LogP contribution in [0.3, 0.4) is 0 Å². The number of fused-ring (bicyclic) bond motifs is 1. The SMILES string of the molecule is CC1(C)CCC(O)(CNC2CCc3cccnc32)CC1. The first kappa shape index (κ1) is 14.0. The lowest BCUT2D eigenvalue weighted by Crippen LogP contribution is -2.45. The maximum absolute atomic E-state index is 10.7. The maximum Gasteiger partial charge on any atom is 0.0772 e. The summed E-state index contributed by atoms with van der Waals surface area (Å²) in [5.74, 6) is 0. The van der Waals surface area contributed by atoms with E-state index in [2.05, 4.69) is 30.2 Å². The fourth-order valence-corrected chi connectivity index (χ4v) is 3.49. The third kappa shape index (κ3) is 2.89. The summed E-state index contributed by atoms with van der Waals surface area (Å²) in [5.41, 5.74) is 2.43. The lowest BCUT2D eigenvalue weighted by Gasteiger charge is -2.40. The predicted octanol–water partition coefficient (Wildman–Crippen LogP) is 2.99. The second kappa shape index (κ2) is 5.12. The van der Waals surface area contributed by atoms with Crippen LogP contribution >= 0.6 is 0 Å². The Morgan fingerprint density at radius 2 is 2.05 bits per heavy atom. The van der Waals surface area contributed by atoms with Crippen LogP contribution in [0.4, 0.5) is 0 Å². The number of hydrogen-bond donors (Lipinski definition) is 2. The van der Waals surface area contributed by atoms with E-state index in [1.807, 2.05) is 12.3 Å². The van der Waals surface area contributed by atoms with E-state index in [1.54, 1.807) is 0 Å². The van der Waals surface area contributed by atoms with Crippen molar-refractivity contribution in [2.24, 2.45) is 5.41 Å². The zero-order valence-corrected chi connectivity index (χ0v) is 12.7. The van der Waals surface area contributed by atoms with Gasteiger partial charge in [0.1, 0.15) is 0 Å². The number of hydrogen-bond acceptors (Lipinski definition) is 3. The molecule has 3 nitrogen and oxygen atoms in total. The van der Waals surface area contributed by atoms with Crippen molar-refractivity contribution in [3.63, 3.8) is 0 Å². The summed E-state index contributed by atoms with van der Waals surface area (Å²) in [6, 6.07) is 4.50. The van der Waals surface area contributed by atoms with Crippen molar-refractivity contribution in [2.45, 2.75) is 64.0 Å². The summed E-state index contributed by atoms with van der Waals surface area (Å²) in [6.07, 6.45) is 8.13. The molecule has 0 aromatic carbocycles. The van der Waals surface area contributed by atoms with Crippen LogP contribution < -0.4 is 5.32 Å². The Bertz CT molecular complexity index is 474. The van der Waals surface area contributed by atoms with Gasteiger partial charge in [-0.3, -0.25) is 4.98 Å². The molecular weight excluding hydrogens is 248 g/mol. The maximum atomic E-state index is 10.7. The van der Waals surface area contributed by atoms with E-state index in [9.17, 15) is 5.11 Å². The molecule has 1 atom stereocenters. The lowest BCUT2D eigenvalue weighted by atomic mass is 9.71. The highest BCUT2D eigenvalue weighted by Gasteiger charge is 2.37. The Hall–Kier alpha value is -0.930. The van der Waals surface area contributed by atoms with Crippen LogP contribution in [0.5, 0.6) is 0 Å². The number of aryl methyl sites for hydroxylation is 1. The summed E-state index contributed by atoms with van der Waals surface area (Å²) < 4.78 is 0. The van der Waals surface area contributed by atoms with Crippen LogP contribution in [-0.4, -0.2) is 22.2 Å². The van der Waals surface area contributed by atoms with Crippen molar-refractivity contribution in [2.75, 3.05) is 6.54 Å². The Morgan fingerprint density at radius 1 is 1.30 bits per heavy atom. The van der Waals surface area contributed by atoms with E-state index in [4.69, 9.17) is 0 Å². The first-order valence-corrected chi connectivity index (χ1v) is 7.87. The minimum absolute atomic E-state index is 0.324. The molecule has 0 aliphatic heterocycles. The molecule has 0 bridgehead atoms. The normalized spacial score (nSPS) is 27.2. The molecule has 3 rings (SSSR count). The lowest BCUT2D eigenvalue weighted by molar-refractivity contribution is -0.0261. The van der Waals surface area contributed by atoms with Gasteiger partial charge in [-0.15, -0.1) is 0 Å². The van der Waals surface area contributed by atoms with Crippen LogP contribution in [-0.2, 0) is 6.42 Å². The van der Waals surface area contributed by atoms with Crippen LogP contribution in [0.2, 0.25) is 0 Å². The molecule has 2 aliphatic carbocycles. The molecule has 1 aromatic rings. The van der Waals surface area contributed by atoms with Crippen molar-refractivity contribution < 1.29 is 5.11 Å². The standard InChI is InChI=1S/C17H26N2O/c1-16(2)7-9-17(20,10-8-16)12-19-14-6-5-13-4-3-11-18-15(13)14/h3-4,11,14,19-20H,5-10,12H2,1-2H3. The van der Waals surface area contributed by atoms with Gasteiger partial charge in [0.15, 0.2) is 0 Å². The van der Waals surface area contributed by atoms with Crippen molar-refractivity contribution in [1.82, 2.24) is 10.3 Å². The van der Waals surface area contributed by atoms with Crippen molar-refractivity contribution in [3.8, 4) is 0 Å². The zero-order chi connectivity index (χ0) is 14.2. The second-order valence-electron chi connectivity index (χ2n) is 7.41. The van der Waals surface area contributed by atoms with Crippen molar-refractivity contribution >= 4 is 0 Å². The van der Waals surface area contributed by atoms with Gasteiger partial charge in [-0.05, 0) is 55.6 Å². The predicted molar refractivity (Wildman–Crippen MR) is 80.5 cm³/mol. The van der Waals surface area contributed by atoms with Crippen LogP contribution in [0.25, 0.3) is 0 Å². The van der Waals surface area contributed by atoms with Gasteiger partial charge >= 0.3 is 0 Å². The quantitative estimate of drug-likeness (QED) is 0.890. The average Bonchev–Trinajstić information content (AvgIpc) is 2.84. The molecule has 2 N–H and O–H groups in total. The Morgan fingerprint density at radius 3 is 2.80 bits per heavy atom. The molecule has 1 heterocycles. The number of pyridine rings is 1. The van der Waals surface area contributed by atoms with Crippen molar-refractivity contribution in [3.05, 3.63) is 29.6 Å². The molecule has 0 saturated heterocycles. The summed E-state index contributed by atoms with van der Waals surface area (Å²) in [5, 5.41) is 14.3. The van der Waals surface area contributed by atoms with Gasteiger partial charge in [0.2, 0.25) is 0 Å². The Balaban J connectivity index is 1.58. The Kier molecular flexibility index (Phi) is 3.59. The first-order valence-electron chi connectivity index (χ1n) is 7.87. The summed E-state index contributed by atoms with van der Waals surface area (Å²) in [4.78, 5) is 4.51. The summed E-state index contributed by atoms with van der Waals surface area (Å²) in [6.45, 7) is 5.30. The molecule has 20 heavy (non-hydrogen) atoms. The van der Waals surface area contributed by atoms with Gasteiger partial charge in [0.05, 0.1) is 17.3 Å². The van der Waals surface area contributed by atoms with Gasteiger partial charge in [-0.25, -0.2) is 0 Å². The fourth-order valence-electron chi connectivity index (χ4n) is 3.49. The molecule has 110 valence electrons. The third-order valence-corrected chi connectivity index (χ3v) is 5.17. The van der Waals surface area contributed by atoms with Gasteiger partial charge in [-0.1, -0.05) is 19.9 Å². The minimum atomic E-state index is -0.521. The Labute approximate surface area is 121 Å². The second-order valence-corrected chi connectivity index (χ2v) is 7.41. The molecule has 0 amide bonds. The van der Waals surface area contributed by atoms with Gasteiger partial charge in [0.25, 0.3) is 0 Å². The molecule has 1 aromatic heterocycles. The number of aromatic nitrogens is 1. The van der Waals surface area contributed by atoms with E-state index in [-0.39, 0.29) is 0 Å². The number of nitrogens with one attached hydrogen (secondary N) is 1. The number of nitrogens with zero attached hydrogens (tertiary/aromatic N) is 1. The minimum Gasteiger partial charge on any atom is -0.389 e. The number of aliphatic hydroxyl groups is 1. The van der Waals surface area contributed by atoms with Crippen LogP contribution in [0.1, 0.15) is 63.3 Å². The fraction of sp³-hybridized carbons (Fsp3) is 0.706. The molecule has 1 unspecified atom stereocenters. The molecular formula is C17H26N2O. The molecule has 0 radical (unpaired) electrons. The van der Waals surface area contributed by atoms with E-state index < -0.39 is 5.60 Å². The van der Waals surface area contributed by atoms with Crippen LogP contribution in [0, 0.1) is 5.41 Å². The van der Waals surface area contributed by atoms with Crippen molar-refractivity contribution in [1.29, 1.82) is 0 Å². The molecule has 2 aliphatic rings. The van der Waals surface area contributed by atoms with E-state index >= 15 is 0 Å². The van der Waals surface area contributed by atoms with E-state index in [0.29, 0.717) is 18.0 Å². The highest BCUT2D eigenvalue weighted by atomic mass is 16.3. The molecule has 1 fully saturated rings. The number of rotatable bonds is 3. The first-order chi connectivity index (χ1) is 9.48. The van der Waals surface area contributed by atoms with Crippen LogP contribution in [0.15, 0.2) is 18.3 Å². The molecule has 1 saturated carbocycles. The highest BCUT2D eigenvalue weighted by Crippen LogP contribution is 2.40. The molecule has 3 heteroatoms. The highest BCUT2D eigenvalue weighted by molar-refractivity contribution is 5.27. The smallest absolute Gasteiger partial charge is 0.0772 e. The van der Waals surface area contributed by atoms with Gasteiger partial charge in [-0.2, -0.15) is 0 Å². The monoisotopic (exact) mass is 274 g/mol. The average molecular weight is 274 g/mol. The van der Waals surface area contributed by atoms with E-state index in [1.165, 1.54) is 11.3 Å². The largest absolute Gasteiger partial charge is 0.389 e. The topological polar surface area (TPSA) is 45.1 Å².